The number of benzene rings is 2. The van der Waals surface area contributed by atoms with Crippen LogP contribution in [-0.2, 0) is 14.2 Å². The molecule has 5 rings (SSSR count). The lowest BCUT2D eigenvalue weighted by Gasteiger charge is -2.42. The zero-order valence-corrected chi connectivity index (χ0v) is 24.1. The molecule has 2 aliphatic heterocycles. The Bertz CT molecular complexity index is 1590. The largest absolute Gasteiger partial charge is 0.508 e. The van der Waals surface area contributed by atoms with Gasteiger partial charge in [-0.25, -0.2) is 0 Å². The molecular weight excluding hydrogens is 620 g/mol. The number of aliphatic hydroxyl groups excluding tert-OH is 7. The summed E-state index contributed by atoms with van der Waals surface area (Å²) in [6.45, 7) is 0.354. The minimum Gasteiger partial charge on any atom is -0.508 e. The molecule has 0 spiro atoms. The molecule has 46 heavy (non-hydrogen) atoms. The average molecular weight is 655 g/mol. The molecular formula is C29H34O17. The number of rotatable bonds is 9. The first kappa shape index (κ1) is 33.6. The van der Waals surface area contributed by atoms with Crippen molar-refractivity contribution >= 4 is 11.0 Å². The Kier molecular flexibility index (Phi) is 9.89. The van der Waals surface area contributed by atoms with Crippen LogP contribution >= 0.6 is 0 Å². The van der Waals surface area contributed by atoms with Gasteiger partial charge in [0.2, 0.25) is 17.5 Å². The van der Waals surface area contributed by atoms with Crippen molar-refractivity contribution in [2.24, 2.45) is 0 Å². The van der Waals surface area contributed by atoms with Gasteiger partial charge < -0.3 is 79.2 Å². The Morgan fingerprint density at radius 1 is 0.804 bits per heavy atom. The van der Waals surface area contributed by atoms with Crippen LogP contribution in [0.5, 0.6) is 28.7 Å². The number of phenolic OH excluding ortho intramolecular Hbond substituents is 3. The second-order valence-corrected chi connectivity index (χ2v) is 10.8. The maximum Gasteiger partial charge on any atom is 0.239 e. The first-order valence-electron chi connectivity index (χ1n) is 14.1. The van der Waals surface area contributed by atoms with Crippen LogP contribution in [0.25, 0.3) is 22.3 Å². The highest BCUT2D eigenvalue weighted by molar-refractivity contribution is 5.88. The van der Waals surface area contributed by atoms with Crippen LogP contribution in [0, 0.1) is 0 Å². The second kappa shape index (κ2) is 13.5. The van der Waals surface area contributed by atoms with Gasteiger partial charge in [-0.15, -0.1) is 0 Å². The Balaban J connectivity index is 1.48. The zero-order valence-electron chi connectivity index (χ0n) is 24.1. The summed E-state index contributed by atoms with van der Waals surface area (Å²) in [6, 6.07) is 5.69. The lowest BCUT2D eigenvalue weighted by molar-refractivity contribution is -0.318. The molecule has 0 saturated carbocycles. The third kappa shape index (κ3) is 6.42. The highest BCUT2D eigenvalue weighted by Crippen LogP contribution is 2.40. The molecule has 1 aromatic heterocycles. The summed E-state index contributed by atoms with van der Waals surface area (Å²) >= 11 is 0. The van der Waals surface area contributed by atoms with Crippen LogP contribution in [0.15, 0.2) is 39.5 Å². The van der Waals surface area contributed by atoms with E-state index in [0.29, 0.717) is 0 Å². The lowest BCUT2D eigenvalue weighted by Crippen LogP contribution is -2.61. The third-order valence-electron chi connectivity index (χ3n) is 7.62. The smallest absolute Gasteiger partial charge is 0.239 e. The van der Waals surface area contributed by atoms with Crippen molar-refractivity contribution in [3.8, 4) is 40.1 Å². The first-order valence-corrected chi connectivity index (χ1v) is 14.1. The summed E-state index contributed by atoms with van der Waals surface area (Å²) in [5.74, 6) is -2.64. The van der Waals surface area contributed by atoms with E-state index in [0.717, 1.165) is 18.2 Å². The van der Waals surface area contributed by atoms with Gasteiger partial charge in [0.25, 0.3) is 0 Å². The summed E-state index contributed by atoms with van der Waals surface area (Å²) in [4.78, 5) is 13.7. The molecule has 3 aromatic rings. The van der Waals surface area contributed by atoms with Gasteiger partial charge in [-0.3, -0.25) is 4.79 Å². The highest BCUT2D eigenvalue weighted by Gasteiger charge is 2.47. The van der Waals surface area contributed by atoms with Gasteiger partial charge >= 0.3 is 0 Å². The van der Waals surface area contributed by atoms with E-state index in [-0.39, 0.29) is 35.9 Å². The van der Waals surface area contributed by atoms with E-state index in [1.165, 1.54) is 19.1 Å². The van der Waals surface area contributed by atoms with Crippen LogP contribution in [0.4, 0.5) is 0 Å². The van der Waals surface area contributed by atoms with E-state index in [2.05, 4.69) is 0 Å². The molecule has 10 atom stereocenters. The number of fused-ring (bicyclic) bond motifs is 1. The maximum atomic E-state index is 13.7. The van der Waals surface area contributed by atoms with Crippen LogP contribution in [0.3, 0.4) is 0 Å². The van der Waals surface area contributed by atoms with Crippen LogP contribution in [0.1, 0.15) is 6.92 Å². The fourth-order valence-electron chi connectivity index (χ4n) is 5.11. The Morgan fingerprint density at radius 3 is 2.20 bits per heavy atom. The molecule has 10 N–H and O–H groups in total. The van der Waals surface area contributed by atoms with Crippen molar-refractivity contribution in [2.45, 2.75) is 68.3 Å². The molecule has 3 heterocycles. The highest BCUT2D eigenvalue weighted by atomic mass is 16.7. The van der Waals surface area contributed by atoms with Crippen molar-refractivity contribution < 1.29 is 79.2 Å². The third-order valence-corrected chi connectivity index (χ3v) is 7.62. The van der Waals surface area contributed by atoms with E-state index in [9.17, 15) is 50.8 Å². The predicted molar refractivity (Wildman–Crippen MR) is 151 cm³/mol. The fraction of sp³-hybridized carbons (Fsp3) is 0.483. The van der Waals surface area contributed by atoms with E-state index < -0.39 is 102 Å². The predicted octanol–water partition coefficient (Wildman–Crippen LogP) is -2.02. The summed E-state index contributed by atoms with van der Waals surface area (Å²) in [7, 11) is 0. The maximum absolute atomic E-state index is 13.7. The molecule has 17 nitrogen and oxygen atoms in total. The lowest BCUT2D eigenvalue weighted by atomic mass is 9.98. The summed E-state index contributed by atoms with van der Waals surface area (Å²) in [5, 5.41) is 102. The standard InChI is InChI=1S/C29H34O17/c1-10-19(34)22(37)24(39)28(43-10)42-9-17-20(35)23(38)25(40)29(45-17)46-27-21(36)18-14(33)7-12(31)8-16(18)44-26(27)11-2-3-15(13(32)6-11)41-5-4-30/h2-3,6-8,10,17,19-20,22-25,28-35,37-40H,4-5,9H2,1H3/t10-,17+,19-,20+,22+,23-,24+,25+,28+,29-/m0/s1. The van der Waals surface area contributed by atoms with Gasteiger partial charge in [-0.05, 0) is 25.1 Å². The van der Waals surface area contributed by atoms with Crippen LogP contribution < -0.4 is 14.9 Å². The summed E-state index contributed by atoms with van der Waals surface area (Å²) in [5.41, 5.74) is -1.29. The van der Waals surface area contributed by atoms with Gasteiger partial charge in [0.05, 0.1) is 19.3 Å². The zero-order chi connectivity index (χ0) is 33.4. The van der Waals surface area contributed by atoms with E-state index in [4.69, 9.17) is 33.2 Å². The van der Waals surface area contributed by atoms with Gasteiger partial charge in [0, 0.05) is 17.7 Å². The Hall–Kier alpha value is -3.75. The number of phenols is 3. The number of aliphatic hydroxyl groups is 7. The monoisotopic (exact) mass is 654 g/mol. The van der Waals surface area contributed by atoms with Crippen molar-refractivity contribution in [3.63, 3.8) is 0 Å². The number of hydrogen-bond donors (Lipinski definition) is 10. The molecule has 0 aliphatic carbocycles. The molecule has 0 bridgehead atoms. The molecule has 0 amide bonds. The van der Waals surface area contributed by atoms with Gasteiger partial charge in [0.1, 0.15) is 71.8 Å². The average Bonchev–Trinajstić information content (AvgIpc) is 3.01. The van der Waals surface area contributed by atoms with Crippen molar-refractivity contribution in [1.29, 1.82) is 0 Å². The molecule has 2 fully saturated rings. The molecule has 0 unspecified atom stereocenters. The molecule has 2 aromatic carbocycles. The fourth-order valence-corrected chi connectivity index (χ4v) is 5.11. The minimum atomic E-state index is -1.97. The topological polar surface area (TPSA) is 279 Å². The van der Waals surface area contributed by atoms with E-state index >= 15 is 0 Å². The number of hydrogen-bond acceptors (Lipinski definition) is 17. The molecule has 252 valence electrons. The Morgan fingerprint density at radius 2 is 1.50 bits per heavy atom. The van der Waals surface area contributed by atoms with Gasteiger partial charge in [-0.1, -0.05) is 0 Å². The Labute approximate surface area is 259 Å². The van der Waals surface area contributed by atoms with E-state index in [1.54, 1.807) is 0 Å². The SMILES string of the molecule is C[C@@H]1O[C@@H](OC[C@H]2O[C@@H](Oc3c(-c4ccc(OCCO)c(O)c4)oc4cc(O)cc(O)c4c3=O)[C@H](O)[C@@H](O)[C@@H]2O)[C@H](O)[C@H](O)[C@H]1O. The number of aromatic hydroxyl groups is 3. The minimum absolute atomic E-state index is 0.00902. The molecule has 17 heteroatoms. The van der Waals surface area contributed by atoms with E-state index in [1.807, 2.05) is 0 Å². The van der Waals surface area contributed by atoms with Gasteiger partial charge in [0.15, 0.2) is 23.5 Å². The summed E-state index contributed by atoms with van der Waals surface area (Å²) < 4.78 is 33.3. The number of ether oxygens (including phenoxy) is 5. The van der Waals surface area contributed by atoms with Crippen LogP contribution in [0.2, 0.25) is 0 Å². The van der Waals surface area contributed by atoms with Gasteiger partial charge in [-0.2, -0.15) is 0 Å². The first-order chi connectivity index (χ1) is 21.8. The molecule has 2 saturated heterocycles. The normalized spacial score (nSPS) is 31.6. The molecule has 2 aliphatic rings. The van der Waals surface area contributed by atoms with Crippen molar-refractivity contribution in [3.05, 3.63) is 40.6 Å². The molecule has 0 radical (unpaired) electrons. The van der Waals surface area contributed by atoms with Crippen molar-refractivity contribution in [2.75, 3.05) is 19.8 Å². The quantitative estimate of drug-likeness (QED) is 0.119. The van der Waals surface area contributed by atoms with Crippen LogP contribution in [-0.4, -0.2) is 132 Å². The summed E-state index contributed by atoms with van der Waals surface area (Å²) in [6.07, 6.45) is -16.2. The van der Waals surface area contributed by atoms with Crippen molar-refractivity contribution in [1.82, 2.24) is 0 Å². The second-order valence-electron chi connectivity index (χ2n) is 10.8.